The van der Waals surface area contributed by atoms with Crippen molar-refractivity contribution < 1.29 is 32.2 Å². The van der Waals surface area contributed by atoms with Gasteiger partial charge in [-0.25, -0.2) is 0 Å². The Balaban J connectivity index is 2.40. The quantitative estimate of drug-likeness (QED) is 0.870. The Bertz CT molecular complexity index is 908. The molecule has 1 aliphatic heterocycles. The topological polar surface area (TPSA) is 72.1 Å². The van der Waals surface area contributed by atoms with Crippen LogP contribution in [0.3, 0.4) is 0 Å². The van der Waals surface area contributed by atoms with Crippen LogP contribution in [0.25, 0.3) is 11.0 Å². The normalized spacial score (nSPS) is 21.0. The molecule has 0 aliphatic carbocycles. The zero-order chi connectivity index (χ0) is 19.9. The van der Waals surface area contributed by atoms with Crippen LogP contribution in [0.5, 0.6) is 11.5 Å². The number of rotatable bonds is 4. The molecule has 1 aromatic carbocycles. The molecule has 2 atom stereocenters. The number of halogens is 3. The summed E-state index contributed by atoms with van der Waals surface area (Å²) >= 11 is 0. The van der Waals surface area contributed by atoms with E-state index in [0.717, 1.165) is 0 Å². The predicted octanol–water partition coefficient (Wildman–Crippen LogP) is 2.61. The Morgan fingerprint density at radius 1 is 1.26 bits per heavy atom. The van der Waals surface area contributed by atoms with Crippen LogP contribution in [0, 0.1) is 0 Å². The van der Waals surface area contributed by atoms with Crippen LogP contribution in [0.2, 0.25) is 0 Å². The van der Waals surface area contributed by atoms with E-state index in [-0.39, 0.29) is 41.0 Å². The fourth-order valence-corrected chi connectivity index (χ4v) is 3.73. The Hall–Kier alpha value is -2.26. The van der Waals surface area contributed by atoms with Crippen LogP contribution >= 0.6 is 0 Å². The molecule has 2 unspecified atom stereocenters. The summed E-state index contributed by atoms with van der Waals surface area (Å²) in [5.74, 6) is -1.43. The van der Waals surface area contributed by atoms with Gasteiger partial charge < -0.3 is 23.9 Å². The van der Waals surface area contributed by atoms with Crippen molar-refractivity contribution >= 4 is 11.0 Å². The third kappa shape index (κ3) is 3.25. The monoisotopic (exact) mass is 387 g/mol. The first-order chi connectivity index (χ1) is 12.7. The summed E-state index contributed by atoms with van der Waals surface area (Å²) in [6.07, 6.45) is -4.25. The molecular formula is C18H20F3NO5. The number of benzene rings is 1. The Morgan fingerprint density at radius 2 is 1.93 bits per heavy atom. The molecule has 2 aromatic rings. The van der Waals surface area contributed by atoms with Crippen molar-refractivity contribution in [2.75, 3.05) is 34.4 Å². The molecular weight excluding hydrogens is 367 g/mol. The second kappa shape index (κ2) is 7.05. The maximum atomic E-state index is 13.2. The van der Waals surface area contributed by atoms with Gasteiger partial charge in [0.15, 0.2) is 5.43 Å². The lowest BCUT2D eigenvalue weighted by Gasteiger charge is -2.25. The minimum Gasteiger partial charge on any atom is -0.496 e. The summed E-state index contributed by atoms with van der Waals surface area (Å²) < 4.78 is 55.4. The third-order valence-corrected chi connectivity index (χ3v) is 5.07. The molecule has 0 spiro atoms. The van der Waals surface area contributed by atoms with Gasteiger partial charge in [0.05, 0.1) is 20.8 Å². The first-order valence-electron chi connectivity index (χ1n) is 8.34. The zero-order valence-corrected chi connectivity index (χ0v) is 15.1. The smallest absolute Gasteiger partial charge is 0.449 e. The number of methoxy groups -OCH3 is 2. The van der Waals surface area contributed by atoms with Crippen molar-refractivity contribution in [3.63, 3.8) is 0 Å². The molecule has 9 heteroatoms. The van der Waals surface area contributed by atoms with Gasteiger partial charge in [0.25, 0.3) is 0 Å². The molecule has 148 valence electrons. The highest BCUT2D eigenvalue weighted by atomic mass is 19.4. The average Bonchev–Trinajstić information content (AvgIpc) is 2.99. The number of nitrogens with zero attached hydrogens (tertiary/aromatic N) is 1. The van der Waals surface area contributed by atoms with Gasteiger partial charge >= 0.3 is 6.18 Å². The highest BCUT2D eigenvalue weighted by Crippen LogP contribution is 2.45. The van der Waals surface area contributed by atoms with E-state index in [2.05, 4.69) is 0 Å². The summed E-state index contributed by atoms with van der Waals surface area (Å²) in [7, 11) is 4.50. The van der Waals surface area contributed by atoms with E-state index < -0.39 is 17.4 Å². The fourth-order valence-electron chi connectivity index (χ4n) is 3.73. The van der Waals surface area contributed by atoms with Crippen LogP contribution in [0.1, 0.15) is 23.7 Å². The number of fused-ring (bicyclic) bond motifs is 1. The van der Waals surface area contributed by atoms with Gasteiger partial charge in [-0.15, -0.1) is 0 Å². The van der Waals surface area contributed by atoms with Crippen molar-refractivity contribution in [3.8, 4) is 11.5 Å². The first kappa shape index (κ1) is 19.5. The Labute approximate surface area is 153 Å². The molecule has 6 nitrogen and oxygen atoms in total. The molecule has 27 heavy (non-hydrogen) atoms. The standard InChI is InChI=1S/C18H20F3NO5/c1-22-5-4-9(10(22)8-23)15-12(25-2)7-13(26-3)16-11(24)6-14(18(19,20)21)27-17(15)16/h6-7,9-10,23H,4-5,8H2,1-3H3. The van der Waals surface area contributed by atoms with E-state index in [0.29, 0.717) is 24.6 Å². The molecule has 0 radical (unpaired) electrons. The van der Waals surface area contributed by atoms with Crippen LogP contribution < -0.4 is 14.9 Å². The number of likely N-dealkylation sites (tertiary alicyclic amines) is 1. The van der Waals surface area contributed by atoms with E-state index in [1.807, 2.05) is 11.9 Å². The maximum absolute atomic E-state index is 13.2. The Morgan fingerprint density at radius 3 is 2.48 bits per heavy atom. The maximum Gasteiger partial charge on any atom is 0.449 e. The number of likely N-dealkylation sites (N-methyl/N-ethyl adjacent to an activating group) is 1. The summed E-state index contributed by atoms with van der Waals surface area (Å²) in [4.78, 5) is 14.4. The number of aliphatic hydroxyl groups excluding tert-OH is 1. The van der Waals surface area contributed by atoms with Gasteiger partial charge in [-0.3, -0.25) is 4.79 Å². The lowest BCUT2D eigenvalue weighted by atomic mass is 9.89. The lowest BCUT2D eigenvalue weighted by Crippen LogP contribution is -2.32. The van der Waals surface area contributed by atoms with Crippen LogP contribution in [0.4, 0.5) is 13.2 Å². The van der Waals surface area contributed by atoms with E-state index >= 15 is 0 Å². The third-order valence-electron chi connectivity index (χ3n) is 5.07. The van der Waals surface area contributed by atoms with Crippen molar-refractivity contribution in [3.05, 3.63) is 33.7 Å². The molecule has 1 aliphatic rings. The molecule has 1 saturated heterocycles. The molecule has 0 saturated carbocycles. The fraction of sp³-hybridized carbons (Fsp3) is 0.500. The van der Waals surface area contributed by atoms with E-state index in [1.54, 1.807) is 0 Å². The minimum atomic E-state index is -4.82. The molecule has 1 N–H and O–H groups in total. The number of ether oxygens (including phenoxy) is 2. The SMILES string of the molecule is COc1cc(OC)c2c(=O)cc(C(F)(F)F)oc2c1C1CCN(C)C1CO. The number of alkyl halides is 3. The van der Waals surface area contributed by atoms with Gasteiger partial charge in [0.1, 0.15) is 22.5 Å². The second-order valence-corrected chi connectivity index (χ2v) is 6.50. The molecule has 1 fully saturated rings. The molecule has 0 amide bonds. The number of hydrogen-bond donors (Lipinski definition) is 1. The molecule has 2 heterocycles. The molecule has 0 bridgehead atoms. The number of hydrogen-bond acceptors (Lipinski definition) is 6. The number of aliphatic hydroxyl groups is 1. The van der Waals surface area contributed by atoms with Gasteiger partial charge in [-0.2, -0.15) is 13.2 Å². The van der Waals surface area contributed by atoms with Gasteiger partial charge in [-0.1, -0.05) is 0 Å². The van der Waals surface area contributed by atoms with Crippen LogP contribution in [-0.2, 0) is 6.18 Å². The lowest BCUT2D eigenvalue weighted by molar-refractivity contribution is -0.152. The summed E-state index contributed by atoms with van der Waals surface area (Å²) in [5.41, 5.74) is -0.735. The predicted molar refractivity (Wildman–Crippen MR) is 91.5 cm³/mol. The largest absolute Gasteiger partial charge is 0.496 e. The minimum absolute atomic E-state index is 0.0694. The Kier molecular flexibility index (Phi) is 5.09. The van der Waals surface area contributed by atoms with Crippen LogP contribution in [0.15, 0.2) is 21.3 Å². The van der Waals surface area contributed by atoms with Crippen molar-refractivity contribution in [1.82, 2.24) is 4.90 Å². The van der Waals surface area contributed by atoms with Crippen molar-refractivity contribution in [2.24, 2.45) is 0 Å². The van der Waals surface area contributed by atoms with E-state index in [1.165, 1.54) is 20.3 Å². The van der Waals surface area contributed by atoms with Crippen LogP contribution in [-0.4, -0.2) is 50.5 Å². The van der Waals surface area contributed by atoms with Crippen molar-refractivity contribution in [2.45, 2.75) is 24.6 Å². The average molecular weight is 387 g/mol. The van der Waals surface area contributed by atoms with E-state index in [9.17, 15) is 23.1 Å². The second-order valence-electron chi connectivity index (χ2n) is 6.50. The van der Waals surface area contributed by atoms with E-state index in [4.69, 9.17) is 13.9 Å². The van der Waals surface area contributed by atoms with Crippen molar-refractivity contribution in [1.29, 1.82) is 0 Å². The van der Waals surface area contributed by atoms with Gasteiger partial charge in [0.2, 0.25) is 5.76 Å². The highest BCUT2D eigenvalue weighted by Gasteiger charge is 2.39. The van der Waals surface area contributed by atoms with Gasteiger partial charge in [0, 0.05) is 29.7 Å². The molecule has 1 aromatic heterocycles. The zero-order valence-electron chi connectivity index (χ0n) is 15.1. The molecule has 3 rings (SSSR count). The van der Waals surface area contributed by atoms with Gasteiger partial charge in [-0.05, 0) is 20.0 Å². The summed E-state index contributed by atoms with van der Waals surface area (Å²) in [5, 5.41) is 9.69. The highest BCUT2D eigenvalue weighted by molar-refractivity contribution is 5.89. The summed E-state index contributed by atoms with van der Waals surface area (Å²) in [6, 6.07) is 1.55. The first-order valence-corrected chi connectivity index (χ1v) is 8.34. The summed E-state index contributed by atoms with van der Waals surface area (Å²) in [6.45, 7) is 0.441.